The number of hydrogen-bond acceptors (Lipinski definition) is 2. The van der Waals surface area contributed by atoms with Crippen LogP contribution in [0.25, 0.3) is 0 Å². The quantitative estimate of drug-likeness (QED) is 0.705. The minimum Gasteiger partial charge on any atom is -0.389 e. The first-order valence-corrected chi connectivity index (χ1v) is 4.65. The van der Waals surface area contributed by atoms with Gasteiger partial charge in [-0.1, -0.05) is 18.2 Å². The Labute approximate surface area is 78.8 Å². The fourth-order valence-electron chi connectivity index (χ4n) is 1.84. The van der Waals surface area contributed by atoms with Crippen molar-refractivity contribution in [2.75, 3.05) is 7.05 Å². The number of aliphatic hydroxyl groups is 1. The van der Waals surface area contributed by atoms with Gasteiger partial charge in [-0.3, -0.25) is 4.90 Å². The molecular formula is C11H15NO. The summed E-state index contributed by atoms with van der Waals surface area (Å²) in [5, 5.41) is 9.41. The molecule has 1 unspecified atom stereocenters. The maximum Gasteiger partial charge on any atom is 0.0762 e. The Balaban J connectivity index is 2.35. The van der Waals surface area contributed by atoms with E-state index >= 15 is 0 Å². The van der Waals surface area contributed by atoms with E-state index in [0.717, 1.165) is 18.7 Å². The summed E-state index contributed by atoms with van der Waals surface area (Å²) in [4.78, 5) is 2.27. The average Bonchev–Trinajstić information content (AvgIpc) is 2.42. The predicted molar refractivity (Wildman–Crippen MR) is 52.2 cm³/mol. The average molecular weight is 177 g/mol. The van der Waals surface area contributed by atoms with E-state index in [9.17, 15) is 5.11 Å². The van der Waals surface area contributed by atoms with Crippen molar-refractivity contribution in [3.05, 3.63) is 34.9 Å². The van der Waals surface area contributed by atoms with E-state index in [2.05, 4.69) is 24.1 Å². The van der Waals surface area contributed by atoms with Crippen molar-refractivity contribution in [1.82, 2.24) is 4.90 Å². The molecule has 1 aromatic rings. The minimum atomic E-state index is -0.351. The van der Waals surface area contributed by atoms with Crippen molar-refractivity contribution in [2.45, 2.75) is 26.1 Å². The molecule has 0 spiro atoms. The molecule has 0 amide bonds. The second-order valence-electron chi connectivity index (χ2n) is 3.88. The molecule has 0 aliphatic carbocycles. The maximum atomic E-state index is 9.41. The molecule has 2 nitrogen and oxygen atoms in total. The van der Waals surface area contributed by atoms with Gasteiger partial charge in [-0.15, -0.1) is 0 Å². The number of nitrogens with zero attached hydrogens (tertiary/aromatic N) is 1. The molecular weight excluding hydrogens is 162 g/mol. The molecule has 1 aliphatic heterocycles. The number of benzene rings is 1. The number of hydrogen-bond donors (Lipinski definition) is 1. The standard InChI is InChI=1S/C11H15NO/c1-8(13)9-3-4-10-6-12(2)7-11(10)5-9/h3-5,8,13H,6-7H2,1-2H3. The van der Waals surface area contributed by atoms with Crippen LogP contribution in [-0.4, -0.2) is 17.1 Å². The first-order chi connectivity index (χ1) is 6.16. The molecule has 2 rings (SSSR count). The van der Waals surface area contributed by atoms with Gasteiger partial charge in [-0.05, 0) is 30.7 Å². The van der Waals surface area contributed by atoms with E-state index in [1.165, 1.54) is 11.1 Å². The zero-order valence-corrected chi connectivity index (χ0v) is 8.12. The monoisotopic (exact) mass is 177 g/mol. The fourth-order valence-corrected chi connectivity index (χ4v) is 1.84. The van der Waals surface area contributed by atoms with Crippen molar-refractivity contribution < 1.29 is 5.11 Å². The molecule has 1 N–H and O–H groups in total. The Kier molecular flexibility index (Phi) is 2.10. The van der Waals surface area contributed by atoms with Crippen molar-refractivity contribution in [2.24, 2.45) is 0 Å². The highest BCUT2D eigenvalue weighted by molar-refractivity contribution is 5.35. The van der Waals surface area contributed by atoms with Gasteiger partial charge >= 0.3 is 0 Å². The number of rotatable bonds is 1. The smallest absolute Gasteiger partial charge is 0.0762 e. The molecule has 0 saturated heterocycles. The Morgan fingerprint density at radius 2 is 2.00 bits per heavy atom. The summed E-state index contributed by atoms with van der Waals surface area (Å²) in [6.07, 6.45) is -0.351. The molecule has 0 fully saturated rings. The zero-order chi connectivity index (χ0) is 9.42. The topological polar surface area (TPSA) is 23.5 Å². The van der Waals surface area contributed by atoms with E-state index in [1.807, 2.05) is 6.07 Å². The zero-order valence-electron chi connectivity index (χ0n) is 8.12. The molecule has 1 heterocycles. The summed E-state index contributed by atoms with van der Waals surface area (Å²) in [6, 6.07) is 6.26. The van der Waals surface area contributed by atoms with Crippen molar-refractivity contribution in [3.8, 4) is 0 Å². The van der Waals surface area contributed by atoms with E-state index < -0.39 is 0 Å². The number of fused-ring (bicyclic) bond motifs is 1. The van der Waals surface area contributed by atoms with Gasteiger partial charge in [0.15, 0.2) is 0 Å². The lowest BCUT2D eigenvalue weighted by Gasteiger charge is -2.06. The third-order valence-electron chi connectivity index (χ3n) is 2.59. The molecule has 1 aromatic carbocycles. The molecule has 13 heavy (non-hydrogen) atoms. The van der Waals surface area contributed by atoms with Crippen LogP contribution in [0.15, 0.2) is 18.2 Å². The van der Waals surface area contributed by atoms with E-state index in [-0.39, 0.29) is 6.10 Å². The van der Waals surface area contributed by atoms with Crippen LogP contribution >= 0.6 is 0 Å². The summed E-state index contributed by atoms with van der Waals surface area (Å²) in [7, 11) is 2.11. The second kappa shape index (κ2) is 3.13. The van der Waals surface area contributed by atoms with Gasteiger partial charge in [0.2, 0.25) is 0 Å². The van der Waals surface area contributed by atoms with Crippen LogP contribution < -0.4 is 0 Å². The SMILES string of the molecule is CC(O)c1ccc2c(c1)CN(C)C2. The van der Waals surface area contributed by atoms with Gasteiger partial charge in [0.1, 0.15) is 0 Å². The highest BCUT2D eigenvalue weighted by Crippen LogP contribution is 2.24. The van der Waals surface area contributed by atoms with Crippen LogP contribution in [0.1, 0.15) is 29.7 Å². The summed E-state index contributed by atoms with van der Waals surface area (Å²) in [5.41, 5.74) is 3.78. The number of aliphatic hydroxyl groups excluding tert-OH is 1. The molecule has 0 radical (unpaired) electrons. The van der Waals surface area contributed by atoms with Gasteiger partial charge in [-0.2, -0.15) is 0 Å². The Bertz CT molecular complexity index is 320. The molecule has 0 bridgehead atoms. The van der Waals surface area contributed by atoms with Crippen LogP contribution in [0, 0.1) is 0 Å². The lowest BCUT2D eigenvalue weighted by molar-refractivity contribution is 0.199. The Morgan fingerprint density at radius 3 is 2.69 bits per heavy atom. The van der Waals surface area contributed by atoms with Crippen molar-refractivity contribution in [1.29, 1.82) is 0 Å². The van der Waals surface area contributed by atoms with E-state index in [4.69, 9.17) is 0 Å². The molecule has 70 valence electrons. The molecule has 1 aliphatic rings. The largest absolute Gasteiger partial charge is 0.389 e. The van der Waals surface area contributed by atoms with Crippen LogP contribution in [0.2, 0.25) is 0 Å². The van der Waals surface area contributed by atoms with E-state index in [1.54, 1.807) is 6.92 Å². The lowest BCUT2D eigenvalue weighted by Crippen LogP contribution is -2.07. The van der Waals surface area contributed by atoms with E-state index in [0.29, 0.717) is 0 Å². The Hall–Kier alpha value is -0.860. The highest BCUT2D eigenvalue weighted by atomic mass is 16.3. The lowest BCUT2D eigenvalue weighted by atomic mass is 10.0. The first-order valence-electron chi connectivity index (χ1n) is 4.65. The van der Waals surface area contributed by atoms with Crippen LogP contribution in [0.3, 0.4) is 0 Å². The van der Waals surface area contributed by atoms with Gasteiger partial charge < -0.3 is 5.11 Å². The molecule has 2 heteroatoms. The van der Waals surface area contributed by atoms with Gasteiger partial charge in [0, 0.05) is 13.1 Å². The van der Waals surface area contributed by atoms with Gasteiger partial charge in [0.05, 0.1) is 6.10 Å². The summed E-state index contributed by atoms with van der Waals surface area (Å²) >= 11 is 0. The van der Waals surface area contributed by atoms with Crippen LogP contribution in [0.5, 0.6) is 0 Å². The fraction of sp³-hybridized carbons (Fsp3) is 0.455. The van der Waals surface area contributed by atoms with Crippen LogP contribution in [0.4, 0.5) is 0 Å². The predicted octanol–water partition coefficient (Wildman–Crippen LogP) is 1.69. The van der Waals surface area contributed by atoms with Crippen molar-refractivity contribution in [3.63, 3.8) is 0 Å². The maximum absolute atomic E-state index is 9.41. The first kappa shape index (κ1) is 8.73. The third-order valence-corrected chi connectivity index (χ3v) is 2.59. The second-order valence-corrected chi connectivity index (χ2v) is 3.88. The normalized spacial score (nSPS) is 18.7. The Morgan fingerprint density at radius 1 is 1.31 bits per heavy atom. The van der Waals surface area contributed by atoms with Crippen molar-refractivity contribution >= 4 is 0 Å². The summed E-state index contributed by atoms with van der Waals surface area (Å²) in [5.74, 6) is 0. The third kappa shape index (κ3) is 1.60. The summed E-state index contributed by atoms with van der Waals surface area (Å²) < 4.78 is 0. The minimum absolute atomic E-state index is 0.351. The highest BCUT2D eigenvalue weighted by Gasteiger charge is 2.15. The van der Waals surface area contributed by atoms with Gasteiger partial charge in [-0.25, -0.2) is 0 Å². The molecule has 1 atom stereocenters. The van der Waals surface area contributed by atoms with Gasteiger partial charge in [0.25, 0.3) is 0 Å². The van der Waals surface area contributed by atoms with Crippen LogP contribution in [-0.2, 0) is 13.1 Å². The summed E-state index contributed by atoms with van der Waals surface area (Å²) in [6.45, 7) is 3.85. The molecule has 0 saturated carbocycles. The molecule has 0 aromatic heterocycles.